The third kappa shape index (κ3) is 3.52. The van der Waals surface area contributed by atoms with Gasteiger partial charge in [0, 0.05) is 5.69 Å². The first-order valence-electron chi connectivity index (χ1n) is 6.50. The summed E-state index contributed by atoms with van der Waals surface area (Å²) in [6.45, 7) is 0. The van der Waals surface area contributed by atoms with E-state index in [4.69, 9.17) is 5.14 Å². The van der Waals surface area contributed by atoms with Crippen LogP contribution in [0.1, 0.15) is 0 Å². The summed E-state index contributed by atoms with van der Waals surface area (Å²) in [4.78, 5) is 4.09. The molecule has 118 valence electrons. The zero-order valence-corrected chi connectivity index (χ0v) is 12.5. The van der Waals surface area contributed by atoms with Gasteiger partial charge in [-0.3, -0.25) is 4.72 Å². The Hall–Kier alpha value is -2.78. The molecule has 0 radical (unpaired) electrons. The van der Waals surface area contributed by atoms with Gasteiger partial charge >= 0.3 is 0 Å². The molecule has 0 spiro atoms. The summed E-state index contributed by atoms with van der Waals surface area (Å²) < 4.78 is 39.2. The van der Waals surface area contributed by atoms with Crippen molar-refractivity contribution in [3.8, 4) is 17.1 Å². The lowest BCUT2D eigenvalue weighted by atomic mass is 10.2. The molecule has 0 aliphatic heterocycles. The monoisotopic (exact) mass is 333 g/mol. The fraction of sp³-hybridized carbons (Fsp3) is 0. The Morgan fingerprint density at radius 1 is 1.09 bits per heavy atom. The molecule has 0 bridgehead atoms. The van der Waals surface area contributed by atoms with Crippen molar-refractivity contribution in [3.63, 3.8) is 0 Å². The van der Waals surface area contributed by atoms with Crippen LogP contribution in [0.25, 0.3) is 17.1 Å². The maximum absolute atomic E-state index is 13.7. The normalized spacial score (nSPS) is 11.4. The number of aromatic nitrogens is 3. The summed E-state index contributed by atoms with van der Waals surface area (Å²) in [6.07, 6.45) is 1.45. The van der Waals surface area contributed by atoms with Crippen LogP contribution < -0.4 is 9.86 Å². The summed E-state index contributed by atoms with van der Waals surface area (Å²) >= 11 is 0. The quantitative estimate of drug-likeness (QED) is 0.758. The van der Waals surface area contributed by atoms with Crippen molar-refractivity contribution in [1.82, 2.24) is 14.8 Å². The lowest BCUT2D eigenvalue weighted by molar-refractivity contribution is 0.603. The molecular formula is C14H12FN5O2S. The van der Waals surface area contributed by atoms with Crippen LogP contribution in [-0.4, -0.2) is 23.2 Å². The molecular weight excluding hydrogens is 321 g/mol. The van der Waals surface area contributed by atoms with Gasteiger partial charge in [0.2, 0.25) is 0 Å². The number of nitrogens with one attached hydrogen (secondary N) is 1. The van der Waals surface area contributed by atoms with E-state index in [0.717, 1.165) is 0 Å². The highest BCUT2D eigenvalue weighted by molar-refractivity contribution is 7.90. The van der Waals surface area contributed by atoms with Crippen molar-refractivity contribution in [2.24, 2.45) is 5.14 Å². The smallest absolute Gasteiger partial charge is 0.271 e. The molecule has 0 fully saturated rings. The van der Waals surface area contributed by atoms with E-state index in [1.165, 1.54) is 29.2 Å². The Morgan fingerprint density at radius 3 is 2.43 bits per heavy atom. The van der Waals surface area contributed by atoms with Crippen LogP contribution in [0.4, 0.5) is 10.1 Å². The predicted molar refractivity (Wildman–Crippen MR) is 83.5 cm³/mol. The molecule has 23 heavy (non-hydrogen) atoms. The number of benzene rings is 2. The fourth-order valence-electron chi connectivity index (χ4n) is 2.00. The maximum Gasteiger partial charge on any atom is 0.296 e. The highest BCUT2D eigenvalue weighted by Crippen LogP contribution is 2.19. The Kier molecular flexibility index (Phi) is 3.80. The minimum Gasteiger partial charge on any atom is -0.271 e. The fourth-order valence-corrected chi connectivity index (χ4v) is 2.46. The van der Waals surface area contributed by atoms with Crippen LogP contribution in [0, 0.1) is 5.82 Å². The zero-order valence-electron chi connectivity index (χ0n) is 11.7. The average Bonchev–Trinajstić information content (AvgIpc) is 2.96. The van der Waals surface area contributed by atoms with E-state index in [2.05, 4.69) is 14.8 Å². The molecule has 0 unspecified atom stereocenters. The van der Waals surface area contributed by atoms with E-state index in [9.17, 15) is 12.8 Å². The van der Waals surface area contributed by atoms with Gasteiger partial charge in [-0.25, -0.2) is 19.2 Å². The highest BCUT2D eigenvalue weighted by Gasteiger charge is 2.10. The molecule has 9 heteroatoms. The molecule has 0 saturated carbocycles. The number of nitrogens with zero attached hydrogens (tertiary/aromatic N) is 3. The van der Waals surface area contributed by atoms with Gasteiger partial charge in [-0.2, -0.15) is 8.42 Å². The van der Waals surface area contributed by atoms with Gasteiger partial charge in [-0.1, -0.05) is 12.1 Å². The molecule has 0 saturated heterocycles. The van der Waals surface area contributed by atoms with Gasteiger partial charge in [0.15, 0.2) is 5.82 Å². The number of hydrogen-bond donors (Lipinski definition) is 2. The molecule has 3 rings (SSSR count). The first kappa shape index (κ1) is 15.1. The van der Waals surface area contributed by atoms with Crippen molar-refractivity contribution in [2.45, 2.75) is 0 Å². The number of halogens is 1. The van der Waals surface area contributed by atoms with Crippen LogP contribution in [0.3, 0.4) is 0 Å². The summed E-state index contributed by atoms with van der Waals surface area (Å²) in [5.41, 5.74) is 1.27. The van der Waals surface area contributed by atoms with Crippen LogP contribution >= 0.6 is 0 Å². The minimum atomic E-state index is -3.82. The highest BCUT2D eigenvalue weighted by atomic mass is 32.2. The van der Waals surface area contributed by atoms with Crippen molar-refractivity contribution >= 4 is 15.9 Å². The van der Waals surface area contributed by atoms with E-state index in [-0.39, 0.29) is 5.82 Å². The van der Waals surface area contributed by atoms with E-state index >= 15 is 0 Å². The second-order valence-electron chi connectivity index (χ2n) is 4.69. The van der Waals surface area contributed by atoms with Crippen LogP contribution in [0.5, 0.6) is 0 Å². The summed E-state index contributed by atoms with van der Waals surface area (Å²) in [6, 6.07) is 12.5. The lowest BCUT2D eigenvalue weighted by Crippen LogP contribution is -2.21. The van der Waals surface area contributed by atoms with Crippen LogP contribution in [0.15, 0.2) is 54.9 Å². The molecule has 0 atom stereocenters. The van der Waals surface area contributed by atoms with E-state index in [1.807, 2.05) is 0 Å². The molecule has 3 aromatic rings. The summed E-state index contributed by atoms with van der Waals surface area (Å²) in [7, 11) is -3.82. The Morgan fingerprint density at radius 2 is 1.78 bits per heavy atom. The topological polar surface area (TPSA) is 103 Å². The molecule has 0 aliphatic carbocycles. The summed E-state index contributed by atoms with van der Waals surface area (Å²) in [5, 5.41) is 9.11. The number of hydrogen-bond acceptors (Lipinski definition) is 4. The zero-order chi connectivity index (χ0) is 16.4. The second-order valence-corrected chi connectivity index (χ2v) is 5.98. The van der Waals surface area contributed by atoms with Crippen LogP contribution in [0.2, 0.25) is 0 Å². The molecule has 2 aromatic carbocycles. The number of anilines is 1. The van der Waals surface area contributed by atoms with Gasteiger partial charge in [-0.15, -0.1) is 5.10 Å². The minimum absolute atomic E-state index is 0.259. The predicted octanol–water partition coefficient (Wildman–Crippen LogP) is 1.69. The Balaban J connectivity index is 1.88. The third-order valence-corrected chi connectivity index (χ3v) is 3.52. The first-order chi connectivity index (χ1) is 10.9. The average molecular weight is 333 g/mol. The van der Waals surface area contributed by atoms with Crippen molar-refractivity contribution in [3.05, 3.63) is 60.7 Å². The third-order valence-electron chi connectivity index (χ3n) is 3.00. The molecule has 0 aliphatic rings. The van der Waals surface area contributed by atoms with Crippen molar-refractivity contribution < 1.29 is 12.8 Å². The number of nitrogens with two attached hydrogens (primary N) is 1. The molecule has 0 amide bonds. The summed E-state index contributed by atoms with van der Waals surface area (Å²) in [5.74, 6) is -0.146. The molecule has 3 N–H and O–H groups in total. The van der Waals surface area contributed by atoms with Gasteiger partial charge < -0.3 is 0 Å². The van der Waals surface area contributed by atoms with Gasteiger partial charge in [0.25, 0.3) is 10.2 Å². The maximum atomic E-state index is 13.7. The molecule has 1 heterocycles. The van der Waals surface area contributed by atoms with E-state index in [0.29, 0.717) is 16.9 Å². The largest absolute Gasteiger partial charge is 0.296 e. The van der Waals surface area contributed by atoms with E-state index in [1.54, 1.807) is 30.3 Å². The SMILES string of the molecule is NS(=O)(=O)Nc1ccc(-n2cnc(-c3ccccc3F)n2)cc1. The van der Waals surface area contributed by atoms with Crippen LogP contribution in [-0.2, 0) is 10.2 Å². The van der Waals surface area contributed by atoms with Gasteiger partial charge in [0.1, 0.15) is 12.1 Å². The van der Waals surface area contributed by atoms with Gasteiger partial charge in [-0.05, 0) is 36.4 Å². The van der Waals surface area contributed by atoms with E-state index < -0.39 is 16.0 Å². The molecule has 1 aromatic heterocycles. The lowest BCUT2D eigenvalue weighted by Gasteiger charge is -2.05. The van der Waals surface area contributed by atoms with Crippen molar-refractivity contribution in [2.75, 3.05) is 4.72 Å². The Bertz CT molecular complexity index is 938. The van der Waals surface area contributed by atoms with Crippen molar-refractivity contribution in [1.29, 1.82) is 0 Å². The Labute approximate surface area is 131 Å². The second kappa shape index (κ2) is 5.78. The van der Waals surface area contributed by atoms with Gasteiger partial charge in [0.05, 0.1) is 11.3 Å². The standard InChI is InChI=1S/C14H12FN5O2S/c15-13-4-2-1-3-12(13)14-17-9-20(18-14)11-7-5-10(6-8-11)19-23(16,21)22/h1-9,19H,(H2,16,21,22). The molecule has 7 nitrogen and oxygen atoms in total. The number of rotatable bonds is 4. The first-order valence-corrected chi connectivity index (χ1v) is 8.04.